The number of hydrogen-bond acceptors (Lipinski definition) is 6. The van der Waals surface area contributed by atoms with E-state index in [2.05, 4.69) is 34.7 Å². The first-order valence-corrected chi connectivity index (χ1v) is 10.2. The maximum atomic E-state index is 12.3. The van der Waals surface area contributed by atoms with Crippen molar-refractivity contribution in [2.45, 2.75) is 25.5 Å². The number of nitrogens with zero attached hydrogens (tertiary/aromatic N) is 3. The Morgan fingerprint density at radius 1 is 1.17 bits per heavy atom. The van der Waals surface area contributed by atoms with Crippen LogP contribution in [0, 0.1) is 5.92 Å². The predicted molar refractivity (Wildman–Crippen MR) is 112 cm³/mol. The largest absolute Gasteiger partial charge is 0.461 e. The summed E-state index contributed by atoms with van der Waals surface area (Å²) in [4.78, 5) is 23.9. The van der Waals surface area contributed by atoms with Gasteiger partial charge in [-0.1, -0.05) is 25.6 Å². The first kappa shape index (κ1) is 20.7. The third-order valence-corrected chi connectivity index (χ3v) is 4.96. The maximum Gasteiger partial charge on any atom is 0.251 e. The first-order valence-electron chi connectivity index (χ1n) is 9.19. The van der Waals surface area contributed by atoms with Gasteiger partial charge in [-0.3, -0.25) is 14.2 Å². The molecule has 0 unspecified atom stereocenters. The zero-order valence-corrected chi connectivity index (χ0v) is 17.3. The van der Waals surface area contributed by atoms with Crippen LogP contribution in [0.5, 0.6) is 0 Å². The molecular weight excluding hydrogens is 390 g/mol. The van der Waals surface area contributed by atoms with Gasteiger partial charge in [-0.05, 0) is 42.3 Å². The van der Waals surface area contributed by atoms with E-state index in [1.165, 1.54) is 11.8 Å². The third kappa shape index (κ3) is 5.26. The molecule has 2 amide bonds. The van der Waals surface area contributed by atoms with Crippen molar-refractivity contribution in [1.82, 2.24) is 20.1 Å². The van der Waals surface area contributed by atoms with Crippen molar-refractivity contribution in [3.05, 3.63) is 48.2 Å². The Bertz CT molecular complexity index is 965. The van der Waals surface area contributed by atoms with Crippen LogP contribution in [0.3, 0.4) is 0 Å². The van der Waals surface area contributed by atoms with Crippen LogP contribution >= 0.6 is 11.8 Å². The number of benzene rings is 1. The number of furan rings is 1. The predicted octanol–water partition coefficient (Wildman–Crippen LogP) is 3.28. The van der Waals surface area contributed by atoms with E-state index < -0.39 is 0 Å². The zero-order valence-electron chi connectivity index (χ0n) is 16.5. The minimum Gasteiger partial charge on any atom is -0.461 e. The van der Waals surface area contributed by atoms with E-state index in [1.807, 2.05) is 10.6 Å². The second kappa shape index (κ2) is 9.42. The lowest BCUT2D eigenvalue weighted by Crippen LogP contribution is -2.18. The second-order valence-corrected chi connectivity index (χ2v) is 7.72. The highest BCUT2D eigenvalue weighted by molar-refractivity contribution is 7.99. The number of rotatable bonds is 8. The molecule has 0 aliphatic rings. The third-order valence-electron chi connectivity index (χ3n) is 4.00. The van der Waals surface area contributed by atoms with Gasteiger partial charge < -0.3 is 15.1 Å². The van der Waals surface area contributed by atoms with Gasteiger partial charge >= 0.3 is 0 Å². The van der Waals surface area contributed by atoms with Gasteiger partial charge in [0.05, 0.1) is 12.0 Å². The Morgan fingerprint density at radius 3 is 2.55 bits per heavy atom. The Hall–Kier alpha value is -3.07. The van der Waals surface area contributed by atoms with Gasteiger partial charge in [-0.15, -0.1) is 10.2 Å². The molecular formula is C20H23N5O3S. The molecule has 0 bridgehead atoms. The van der Waals surface area contributed by atoms with Crippen LogP contribution in [0.25, 0.3) is 11.6 Å². The minimum absolute atomic E-state index is 0.165. The molecule has 3 aromatic rings. The molecule has 0 fully saturated rings. The summed E-state index contributed by atoms with van der Waals surface area (Å²) in [6.07, 6.45) is 1.60. The normalized spacial score (nSPS) is 10.9. The fourth-order valence-electron chi connectivity index (χ4n) is 2.69. The van der Waals surface area contributed by atoms with Crippen molar-refractivity contribution < 1.29 is 14.0 Å². The number of thioether (sulfide) groups is 1. The standard InChI is InChI=1S/C20H23N5O3S/c1-13(2)11-25-18(16-5-4-10-28-16)23-24-20(25)29-12-17(26)22-15-8-6-14(7-9-15)19(27)21-3/h4-10,13H,11-12H2,1-3H3,(H,21,27)(H,22,26). The fourth-order valence-corrected chi connectivity index (χ4v) is 3.44. The molecule has 0 aliphatic heterocycles. The van der Waals surface area contributed by atoms with E-state index in [0.29, 0.717) is 40.5 Å². The van der Waals surface area contributed by atoms with Gasteiger partial charge in [0, 0.05) is 24.8 Å². The lowest BCUT2D eigenvalue weighted by molar-refractivity contribution is -0.113. The van der Waals surface area contributed by atoms with Gasteiger partial charge in [0.25, 0.3) is 5.91 Å². The summed E-state index contributed by atoms with van der Waals surface area (Å²) in [5, 5.41) is 14.5. The molecule has 0 atom stereocenters. The number of hydrogen-bond donors (Lipinski definition) is 2. The van der Waals surface area contributed by atoms with Gasteiger partial charge in [0.1, 0.15) is 0 Å². The van der Waals surface area contributed by atoms with Crippen LogP contribution in [-0.4, -0.2) is 39.4 Å². The van der Waals surface area contributed by atoms with Crippen LogP contribution in [0.15, 0.2) is 52.2 Å². The van der Waals surface area contributed by atoms with E-state index >= 15 is 0 Å². The van der Waals surface area contributed by atoms with Crippen molar-refractivity contribution in [2.24, 2.45) is 5.92 Å². The van der Waals surface area contributed by atoms with Crippen LogP contribution in [0.1, 0.15) is 24.2 Å². The van der Waals surface area contributed by atoms with E-state index in [4.69, 9.17) is 4.42 Å². The van der Waals surface area contributed by atoms with Crippen molar-refractivity contribution in [2.75, 3.05) is 18.1 Å². The minimum atomic E-state index is -0.171. The van der Waals surface area contributed by atoms with E-state index in [1.54, 1.807) is 43.6 Å². The first-order chi connectivity index (χ1) is 14.0. The molecule has 2 N–H and O–H groups in total. The maximum absolute atomic E-state index is 12.3. The molecule has 8 nitrogen and oxygen atoms in total. The highest BCUT2D eigenvalue weighted by atomic mass is 32.2. The van der Waals surface area contributed by atoms with Crippen molar-refractivity contribution in [1.29, 1.82) is 0 Å². The Labute approximate surface area is 173 Å². The zero-order chi connectivity index (χ0) is 20.8. The molecule has 1 aromatic carbocycles. The van der Waals surface area contributed by atoms with E-state index in [-0.39, 0.29) is 17.6 Å². The van der Waals surface area contributed by atoms with Crippen LogP contribution in [-0.2, 0) is 11.3 Å². The number of amides is 2. The van der Waals surface area contributed by atoms with Gasteiger partial charge in [0.2, 0.25) is 5.91 Å². The van der Waals surface area contributed by atoms with Crippen molar-refractivity contribution in [3.8, 4) is 11.6 Å². The average Bonchev–Trinajstić information content (AvgIpc) is 3.36. The number of nitrogens with one attached hydrogen (secondary N) is 2. The Kier molecular flexibility index (Phi) is 6.71. The quantitative estimate of drug-likeness (QED) is 0.550. The summed E-state index contributed by atoms with van der Waals surface area (Å²) in [6, 6.07) is 10.4. The number of carbonyl (C=O) groups is 2. The molecule has 0 spiro atoms. The SMILES string of the molecule is CNC(=O)c1ccc(NC(=O)CSc2nnc(-c3ccco3)n2CC(C)C)cc1. The Balaban J connectivity index is 1.65. The van der Waals surface area contributed by atoms with Crippen LogP contribution in [0.2, 0.25) is 0 Å². The monoisotopic (exact) mass is 413 g/mol. The van der Waals surface area contributed by atoms with Crippen LogP contribution < -0.4 is 10.6 Å². The summed E-state index contributed by atoms with van der Waals surface area (Å²) >= 11 is 1.32. The number of anilines is 1. The highest BCUT2D eigenvalue weighted by Crippen LogP contribution is 2.25. The molecule has 9 heteroatoms. The summed E-state index contributed by atoms with van der Waals surface area (Å²) in [5.74, 6) is 1.52. The molecule has 0 radical (unpaired) electrons. The second-order valence-electron chi connectivity index (χ2n) is 6.78. The molecule has 152 valence electrons. The molecule has 3 rings (SSSR count). The summed E-state index contributed by atoms with van der Waals surface area (Å²) in [6.45, 7) is 4.93. The number of aromatic nitrogens is 3. The van der Waals surface area contributed by atoms with E-state index in [0.717, 1.165) is 0 Å². The Morgan fingerprint density at radius 2 is 1.93 bits per heavy atom. The van der Waals surface area contributed by atoms with Gasteiger partial charge in [-0.25, -0.2) is 0 Å². The average molecular weight is 414 g/mol. The molecule has 0 saturated carbocycles. The van der Waals surface area contributed by atoms with Crippen molar-refractivity contribution in [3.63, 3.8) is 0 Å². The van der Waals surface area contributed by atoms with Gasteiger partial charge in [0.15, 0.2) is 16.7 Å². The van der Waals surface area contributed by atoms with Crippen molar-refractivity contribution >= 4 is 29.3 Å². The summed E-state index contributed by atoms with van der Waals surface area (Å²) < 4.78 is 7.43. The summed E-state index contributed by atoms with van der Waals surface area (Å²) in [5.41, 5.74) is 1.16. The lowest BCUT2D eigenvalue weighted by atomic mass is 10.2. The number of carbonyl (C=O) groups excluding carboxylic acids is 2. The van der Waals surface area contributed by atoms with Gasteiger partial charge in [-0.2, -0.15) is 0 Å². The molecule has 0 saturated heterocycles. The topological polar surface area (TPSA) is 102 Å². The summed E-state index contributed by atoms with van der Waals surface area (Å²) in [7, 11) is 1.57. The molecule has 29 heavy (non-hydrogen) atoms. The fraction of sp³-hybridized carbons (Fsp3) is 0.300. The lowest BCUT2D eigenvalue weighted by Gasteiger charge is -2.11. The highest BCUT2D eigenvalue weighted by Gasteiger charge is 2.18. The molecule has 2 heterocycles. The van der Waals surface area contributed by atoms with E-state index in [9.17, 15) is 9.59 Å². The molecule has 0 aliphatic carbocycles. The smallest absolute Gasteiger partial charge is 0.251 e. The van der Waals surface area contributed by atoms with Crippen LogP contribution in [0.4, 0.5) is 5.69 Å². The molecule has 2 aromatic heterocycles.